The van der Waals surface area contributed by atoms with Crippen LogP contribution in [0.3, 0.4) is 0 Å². The summed E-state index contributed by atoms with van der Waals surface area (Å²) < 4.78 is 9.96. The molecule has 2 aliphatic rings. The number of hydrogen-bond acceptors (Lipinski definition) is 9. The van der Waals surface area contributed by atoms with Gasteiger partial charge in [0.15, 0.2) is 5.01 Å². The fraction of sp³-hybridized carbons (Fsp3) is 0.464. The molecule has 212 valence electrons. The van der Waals surface area contributed by atoms with Gasteiger partial charge in [-0.3, -0.25) is 19.2 Å². The van der Waals surface area contributed by atoms with Crippen molar-refractivity contribution in [3.63, 3.8) is 0 Å². The largest absolute Gasteiger partial charge is 0.469 e. The Labute approximate surface area is 235 Å². The molecule has 1 fully saturated rings. The highest BCUT2D eigenvalue weighted by molar-refractivity contribution is 7.13. The second-order valence-corrected chi connectivity index (χ2v) is 11.6. The summed E-state index contributed by atoms with van der Waals surface area (Å²) in [7, 11) is 4.54. The number of aromatic nitrogens is 2. The molecule has 3 aromatic rings. The average Bonchev–Trinajstić information content (AvgIpc) is 3.56. The number of hydrogen-bond donors (Lipinski definition) is 3. The zero-order valence-corrected chi connectivity index (χ0v) is 23.7. The lowest BCUT2D eigenvalue weighted by Crippen LogP contribution is -2.58. The van der Waals surface area contributed by atoms with Crippen molar-refractivity contribution in [1.82, 2.24) is 25.5 Å². The van der Waals surface area contributed by atoms with E-state index < -0.39 is 35.9 Å². The molecule has 0 radical (unpaired) electrons. The summed E-state index contributed by atoms with van der Waals surface area (Å²) in [6.07, 6.45) is 0.942. The van der Waals surface area contributed by atoms with Gasteiger partial charge in [0.25, 0.3) is 11.8 Å². The molecule has 2 aromatic heterocycles. The highest BCUT2D eigenvalue weighted by Crippen LogP contribution is 2.34. The Morgan fingerprint density at radius 3 is 2.30 bits per heavy atom. The summed E-state index contributed by atoms with van der Waals surface area (Å²) in [6.45, 7) is 3.58. The fourth-order valence-electron chi connectivity index (χ4n) is 5.62. The summed E-state index contributed by atoms with van der Waals surface area (Å²) in [5.41, 5.74) is 3.17. The Morgan fingerprint density at radius 2 is 1.65 bits per heavy atom. The van der Waals surface area contributed by atoms with Gasteiger partial charge in [0, 0.05) is 35.3 Å². The highest BCUT2D eigenvalue weighted by atomic mass is 32.1. The summed E-state index contributed by atoms with van der Waals surface area (Å²) in [5.74, 6) is -3.59. The molecule has 11 nitrogen and oxygen atoms in total. The van der Waals surface area contributed by atoms with Crippen molar-refractivity contribution >= 4 is 46.0 Å². The number of likely N-dealkylation sites (N-methyl/N-ethyl adjacent to an activating group) is 1. The van der Waals surface area contributed by atoms with Crippen molar-refractivity contribution in [2.24, 2.45) is 11.8 Å². The molecule has 0 spiro atoms. The molecule has 5 rings (SSSR count). The molecule has 1 aliphatic heterocycles. The van der Waals surface area contributed by atoms with Gasteiger partial charge >= 0.3 is 11.9 Å². The van der Waals surface area contributed by atoms with Crippen LogP contribution in [0, 0.1) is 18.8 Å². The van der Waals surface area contributed by atoms with E-state index in [1.807, 2.05) is 32.2 Å². The van der Waals surface area contributed by atoms with Crippen molar-refractivity contribution in [3.05, 3.63) is 51.1 Å². The first-order chi connectivity index (χ1) is 19.2. The molecule has 3 N–H and O–H groups in total. The SMILES string of the molecule is COC(=O)C1C[C@H](NC(=O)c2cc3cc(C)ccc3[nH]2)[C@H](NC(=O)c2nc3c(s2)CN(C)CC3)CC1C(=O)OC. The van der Waals surface area contributed by atoms with Gasteiger partial charge in [-0.1, -0.05) is 11.6 Å². The predicted molar refractivity (Wildman–Crippen MR) is 148 cm³/mol. The van der Waals surface area contributed by atoms with Gasteiger partial charge in [0.1, 0.15) is 5.69 Å². The lowest BCUT2D eigenvalue weighted by Gasteiger charge is -2.39. The molecule has 3 heterocycles. The number of benzene rings is 1. The number of nitrogens with one attached hydrogen (secondary N) is 3. The lowest BCUT2D eigenvalue weighted by atomic mass is 9.74. The molecule has 1 aliphatic carbocycles. The Kier molecular flexibility index (Phi) is 7.90. The van der Waals surface area contributed by atoms with Crippen LogP contribution in [-0.2, 0) is 32.0 Å². The molecule has 2 amide bonds. The second kappa shape index (κ2) is 11.4. The van der Waals surface area contributed by atoms with Gasteiger partial charge in [0.05, 0.1) is 43.8 Å². The number of amides is 2. The molecule has 1 saturated carbocycles. The average molecular weight is 568 g/mol. The number of ether oxygens (including phenoxy) is 2. The fourth-order valence-corrected chi connectivity index (χ4v) is 6.71. The van der Waals surface area contributed by atoms with E-state index in [1.165, 1.54) is 25.6 Å². The molecule has 40 heavy (non-hydrogen) atoms. The van der Waals surface area contributed by atoms with E-state index >= 15 is 0 Å². The van der Waals surface area contributed by atoms with E-state index in [-0.39, 0.29) is 24.7 Å². The van der Waals surface area contributed by atoms with E-state index in [1.54, 1.807) is 6.07 Å². The van der Waals surface area contributed by atoms with Crippen molar-refractivity contribution in [2.75, 3.05) is 27.8 Å². The van der Waals surface area contributed by atoms with E-state index in [0.717, 1.165) is 46.5 Å². The number of rotatable bonds is 6. The van der Waals surface area contributed by atoms with Crippen LogP contribution in [0.1, 0.15) is 49.3 Å². The van der Waals surface area contributed by atoms with Crippen LogP contribution < -0.4 is 10.6 Å². The third kappa shape index (κ3) is 5.59. The Hall–Kier alpha value is -3.77. The molecule has 1 aromatic carbocycles. The number of aryl methyl sites for hydroxylation is 1. The number of aromatic amines is 1. The molecule has 0 bridgehead atoms. The minimum Gasteiger partial charge on any atom is -0.469 e. The first-order valence-electron chi connectivity index (χ1n) is 13.2. The van der Waals surface area contributed by atoms with Gasteiger partial charge in [-0.15, -0.1) is 11.3 Å². The second-order valence-electron chi connectivity index (χ2n) is 10.5. The zero-order valence-electron chi connectivity index (χ0n) is 22.9. The van der Waals surface area contributed by atoms with Crippen LogP contribution in [0.15, 0.2) is 24.3 Å². The summed E-state index contributed by atoms with van der Waals surface area (Å²) in [6, 6.07) is 6.29. The maximum absolute atomic E-state index is 13.4. The molecule has 4 atom stereocenters. The Balaban J connectivity index is 1.41. The molecular weight excluding hydrogens is 534 g/mol. The molecule has 0 saturated heterocycles. The summed E-state index contributed by atoms with van der Waals surface area (Å²) in [5, 5.41) is 7.22. The Morgan fingerprint density at radius 1 is 1.00 bits per heavy atom. The quantitative estimate of drug-likeness (QED) is 0.385. The topological polar surface area (TPSA) is 143 Å². The lowest BCUT2D eigenvalue weighted by molar-refractivity contribution is -0.160. The number of thiazole rings is 1. The first-order valence-corrected chi connectivity index (χ1v) is 14.0. The predicted octanol–water partition coefficient (Wildman–Crippen LogP) is 2.19. The van der Waals surface area contributed by atoms with E-state index in [4.69, 9.17) is 9.47 Å². The first kappa shape index (κ1) is 27.8. The van der Waals surface area contributed by atoms with Gasteiger partial charge in [-0.2, -0.15) is 0 Å². The van der Waals surface area contributed by atoms with Crippen LogP contribution in [0.2, 0.25) is 0 Å². The third-order valence-corrected chi connectivity index (χ3v) is 8.85. The highest BCUT2D eigenvalue weighted by Gasteiger charge is 2.46. The van der Waals surface area contributed by atoms with Crippen molar-refractivity contribution < 1.29 is 28.7 Å². The summed E-state index contributed by atoms with van der Waals surface area (Å²) in [4.78, 5) is 63.1. The maximum Gasteiger partial charge on any atom is 0.309 e. The minimum atomic E-state index is -0.844. The van der Waals surface area contributed by atoms with Crippen molar-refractivity contribution in [1.29, 1.82) is 0 Å². The minimum absolute atomic E-state index is 0.0849. The summed E-state index contributed by atoms with van der Waals surface area (Å²) >= 11 is 1.35. The van der Waals surface area contributed by atoms with E-state index in [0.29, 0.717) is 10.7 Å². The van der Waals surface area contributed by atoms with Crippen LogP contribution >= 0.6 is 11.3 Å². The van der Waals surface area contributed by atoms with Gasteiger partial charge in [-0.05, 0) is 45.0 Å². The number of H-pyrrole nitrogens is 1. The van der Waals surface area contributed by atoms with Crippen LogP contribution in [0.5, 0.6) is 0 Å². The molecular formula is C28H33N5O6S. The maximum atomic E-state index is 13.4. The zero-order chi connectivity index (χ0) is 28.6. The van der Waals surface area contributed by atoms with Gasteiger partial charge in [0.2, 0.25) is 0 Å². The van der Waals surface area contributed by atoms with Crippen molar-refractivity contribution in [3.8, 4) is 0 Å². The standard InChI is InChI=1S/C28H33N5O6S/c1-14-5-6-18-15(9-14)10-22(29-18)24(34)30-20-11-16(27(36)38-3)17(28(37)39-4)12-21(20)31-25(35)26-32-19-7-8-33(2)13-23(19)40-26/h5-6,9-10,16-17,20-21,29H,7-8,11-13H2,1-4H3,(H,30,34)(H,31,35)/t16?,17?,20-,21+/m0/s1. The number of carbonyl (C=O) groups excluding carboxylic acids is 4. The van der Waals surface area contributed by atoms with Crippen LogP contribution in [-0.4, -0.2) is 78.5 Å². The van der Waals surface area contributed by atoms with Crippen molar-refractivity contribution in [2.45, 2.75) is 44.8 Å². The monoisotopic (exact) mass is 567 g/mol. The normalized spacial score (nSPS) is 22.8. The Bertz CT molecular complexity index is 1460. The number of fused-ring (bicyclic) bond motifs is 2. The molecule has 2 unspecified atom stereocenters. The van der Waals surface area contributed by atoms with Crippen LogP contribution in [0.4, 0.5) is 0 Å². The third-order valence-electron chi connectivity index (χ3n) is 7.77. The van der Waals surface area contributed by atoms with E-state index in [2.05, 4.69) is 25.5 Å². The smallest absolute Gasteiger partial charge is 0.309 e. The van der Waals surface area contributed by atoms with Gasteiger partial charge in [-0.25, -0.2) is 4.98 Å². The number of nitrogens with zero attached hydrogens (tertiary/aromatic N) is 2. The number of methoxy groups -OCH3 is 2. The number of esters is 2. The number of carbonyl (C=O) groups is 4. The van der Waals surface area contributed by atoms with Crippen LogP contribution in [0.25, 0.3) is 10.9 Å². The van der Waals surface area contributed by atoms with Gasteiger partial charge < -0.3 is 30.0 Å². The van der Waals surface area contributed by atoms with E-state index in [9.17, 15) is 19.2 Å². The molecule has 12 heteroatoms.